The second-order valence-corrected chi connectivity index (χ2v) is 2.88. The molecule has 0 heterocycles. The van der Waals surface area contributed by atoms with Crippen molar-refractivity contribution in [3.05, 3.63) is 23.3 Å². The van der Waals surface area contributed by atoms with E-state index in [2.05, 4.69) is 0 Å². The van der Waals surface area contributed by atoms with Gasteiger partial charge in [0, 0.05) is 5.57 Å². The quantitative estimate of drug-likeness (QED) is 0.586. The first-order valence-corrected chi connectivity index (χ1v) is 4.35. The Morgan fingerprint density at radius 2 is 1.54 bits per heavy atom. The largest absolute Gasteiger partial charge is 0.412 e. The Hall–Kier alpha value is -0.730. The van der Waals surface area contributed by atoms with E-state index in [1.807, 2.05) is 13.8 Å². The number of hydrogen-bond donors (Lipinski definition) is 0. The van der Waals surface area contributed by atoms with Crippen LogP contribution in [0.2, 0.25) is 0 Å². The summed E-state index contributed by atoms with van der Waals surface area (Å²) in [6.07, 6.45) is 0.116. The Kier molecular flexibility index (Phi) is 4.81. The van der Waals surface area contributed by atoms with Crippen molar-refractivity contribution < 1.29 is 13.2 Å². The Morgan fingerprint density at radius 3 is 1.85 bits per heavy atom. The van der Waals surface area contributed by atoms with Crippen molar-refractivity contribution in [3.63, 3.8) is 0 Å². The van der Waals surface area contributed by atoms with E-state index in [-0.39, 0.29) is 0 Å². The van der Waals surface area contributed by atoms with Gasteiger partial charge in [0.1, 0.15) is 0 Å². The number of allylic oxidation sites excluding steroid dienone is 4. The summed E-state index contributed by atoms with van der Waals surface area (Å²) in [5.41, 5.74) is 0.482. The maximum atomic E-state index is 12.0. The molecule has 0 saturated heterocycles. The number of rotatable bonds is 3. The van der Waals surface area contributed by atoms with Crippen LogP contribution in [0.3, 0.4) is 0 Å². The molecule has 3 heteroatoms. The minimum atomic E-state index is -4.19. The molecule has 0 saturated carbocycles. The summed E-state index contributed by atoms with van der Waals surface area (Å²) in [5, 5.41) is 0. The average molecular weight is 192 g/mol. The molecular formula is C10H15F3. The standard InChI is InChI=1S/C10H15F3/c1-4-9(5-2)7-6-8(3)10(11,12)13/h6-7H,4-5H2,1-3H3/b8-6+. The van der Waals surface area contributed by atoms with Gasteiger partial charge in [0.25, 0.3) is 0 Å². The highest BCUT2D eigenvalue weighted by Crippen LogP contribution is 2.25. The van der Waals surface area contributed by atoms with Gasteiger partial charge in [-0.05, 0) is 19.8 Å². The van der Waals surface area contributed by atoms with Crippen LogP contribution in [0.5, 0.6) is 0 Å². The number of alkyl halides is 3. The molecule has 13 heavy (non-hydrogen) atoms. The smallest absolute Gasteiger partial charge is 0.166 e. The Morgan fingerprint density at radius 1 is 1.08 bits per heavy atom. The SMILES string of the molecule is CCC(=C/C=C(\C)C(F)(F)F)CC. The van der Waals surface area contributed by atoms with Crippen LogP contribution in [0.25, 0.3) is 0 Å². The lowest BCUT2D eigenvalue weighted by Gasteiger charge is -2.05. The van der Waals surface area contributed by atoms with Crippen molar-refractivity contribution in [1.29, 1.82) is 0 Å². The van der Waals surface area contributed by atoms with Crippen LogP contribution in [0, 0.1) is 0 Å². The van der Waals surface area contributed by atoms with Crippen molar-refractivity contribution in [3.8, 4) is 0 Å². The summed E-state index contributed by atoms with van der Waals surface area (Å²) in [4.78, 5) is 0. The third-order valence-electron chi connectivity index (χ3n) is 1.92. The molecule has 0 aromatic heterocycles. The van der Waals surface area contributed by atoms with Crippen molar-refractivity contribution in [2.45, 2.75) is 39.8 Å². The zero-order valence-electron chi connectivity index (χ0n) is 8.20. The molecule has 0 amide bonds. The van der Waals surface area contributed by atoms with E-state index in [4.69, 9.17) is 0 Å². The summed E-state index contributed by atoms with van der Waals surface area (Å²) in [6, 6.07) is 0. The van der Waals surface area contributed by atoms with Gasteiger partial charge in [-0.1, -0.05) is 31.6 Å². The third-order valence-corrected chi connectivity index (χ3v) is 1.92. The zero-order valence-corrected chi connectivity index (χ0v) is 8.20. The fourth-order valence-corrected chi connectivity index (χ4v) is 0.823. The molecule has 0 nitrogen and oxygen atoms in total. The van der Waals surface area contributed by atoms with Crippen LogP contribution in [0.1, 0.15) is 33.6 Å². The first-order chi connectivity index (χ1) is 5.91. The van der Waals surface area contributed by atoms with Gasteiger partial charge in [-0.15, -0.1) is 0 Å². The summed E-state index contributed by atoms with van der Waals surface area (Å²) >= 11 is 0. The van der Waals surface area contributed by atoms with E-state index >= 15 is 0 Å². The normalized spacial score (nSPS) is 12.9. The van der Waals surface area contributed by atoms with Gasteiger partial charge >= 0.3 is 6.18 Å². The lowest BCUT2D eigenvalue weighted by atomic mass is 10.1. The van der Waals surface area contributed by atoms with Crippen LogP contribution in [-0.4, -0.2) is 6.18 Å². The van der Waals surface area contributed by atoms with Crippen LogP contribution >= 0.6 is 0 Å². The van der Waals surface area contributed by atoms with Crippen LogP contribution in [-0.2, 0) is 0 Å². The maximum absolute atomic E-state index is 12.0. The summed E-state index contributed by atoms with van der Waals surface area (Å²) in [7, 11) is 0. The van der Waals surface area contributed by atoms with Crippen LogP contribution < -0.4 is 0 Å². The third kappa shape index (κ3) is 4.76. The first-order valence-electron chi connectivity index (χ1n) is 4.35. The van der Waals surface area contributed by atoms with Gasteiger partial charge in [0.05, 0.1) is 0 Å². The molecule has 0 aliphatic rings. The minimum absolute atomic E-state index is 0.549. The van der Waals surface area contributed by atoms with E-state index in [0.717, 1.165) is 31.4 Å². The van der Waals surface area contributed by atoms with Crippen molar-refractivity contribution >= 4 is 0 Å². The van der Waals surface area contributed by atoms with E-state index in [1.165, 1.54) is 0 Å². The molecule has 0 aliphatic heterocycles. The molecule has 0 spiro atoms. The molecular weight excluding hydrogens is 177 g/mol. The minimum Gasteiger partial charge on any atom is -0.166 e. The summed E-state index contributed by atoms with van der Waals surface area (Å²) in [5.74, 6) is 0. The highest BCUT2D eigenvalue weighted by atomic mass is 19.4. The van der Waals surface area contributed by atoms with Gasteiger partial charge in [-0.2, -0.15) is 13.2 Å². The van der Waals surface area contributed by atoms with Gasteiger partial charge in [-0.3, -0.25) is 0 Å². The molecule has 0 rings (SSSR count). The molecule has 0 unspecified atom stereocenters. The van der Waals surface area contributed by atoms with E-state index in [9.17, 15) is 13.2 Å². The van der Waals surface area contributed by atoms with Gasteiger partial charge in [-0.25, -0.2) is 0 Å². The fraction of sp³-hybridized carbons (Fsp3) is 0.600. The first kappa shape index (κ1) is 12.3. The monoisotopic (exact) mass is 192 g/mol. The molecule has 0 aromatic carbocycles. The fourth-order valence-electron chi connectivity index (χ4n) is 0.823. The van der Waals surface area contributed by atoms with Crippen molar-refractivity contribution in [1.82, 2.24) is 0 Å². The topological polar surface area (TPSA) is 0 Å². The Balaban J connectivity index is 4.49. The van der Waals surface area contributed by atoms with E-state index in [1.54, 1.807) is 6.08 Å². The Labute approximate surface area is 77.1 Å². The highest BCUT2D eigenvalue weighted by molar-refractivity contribution is 5.19. The van der Waals surface area contributed by atoms with Crippen LogP contribution in [0.4, 0.5) is 13.2 Å². The van der Waals surface area contributed by atoms with Crippen LogP contribution in [0.15, 0.2) is 23.3 Å². The summed E-state index contributed by atoms with van der Waals surface area (Å²) in [6.45, 7) is 4.96. The van der Waals surface area contributed by atoms with Gasteiger partial charge < -0.3 is 0 Å². The number of hydrogen-bond acceptors (Lipinski definition) is 0. The molecule has 0 atom stereocenters. The Bertz CT molecular complexity index is 203. The highest BCUT2D eigenvalue weighted by Gasteiger charge is 2.29. The molecule has 0 radical (unpaired) electrons. The number of halogens is 3. The van der Waals surface area contributed by atoms with Gasteiger partial charge in [0.15, 0.2) is 0 Å². The maximum Gasteiger partial charge on any atom is 0.412 e. The summed E-state index contributed by atoms with van der Waals surface area (Å²) < 4.78 is 36.0. The van der Waals surface area contributed by atoms with Crippen molar-refractivity contribution in [2.75, 3.05) is 0 Å². The second kappa shape index (κ2) is 5.10. The second-order valence-electron chi connectivity index (χ2n) is 2.88. The molecule has 0 fully saturated rings. The zero-order chi connectivity index (χ0) is 10.5. The molecule has 76 valence electrons. The lowest BCUT2D eigenvalue weighted by molar-refractivity contribution is -0.0912. The van der Waals surface area contributed by atoms with E-state index in [0.29, 0.717) is 0 Å². The molecule has 0 bridgehead atoms. The van der Waals surface area contributed by atoms with E-state index < -0.39 is 11.7 Å². The molecule has 0 aliphatic carbocycles. The molecule has 0 N–H and O–H groups in total. The predicted octanol–water partition coefficient (Wildman–Crippen LogP) is 4.24. The lowest BCUT2D eigenvalue weighted by Crippen LogP contribution is -2.08. The van der Waals surface area contributed by atoms with Gasteiger partial charge in [0.2, 0.25) is 0 Å². The predicted molar refractivity (Wildman–Crippen MR) is 48.5 cm³/mol. The average Bonchev–Trinajstić information content (AvgIpc) is 2.04. The molecule has 0 aromatic rings. The van der Waals surface area contributed by atoms with Crippen molar-refractivity contribution in [2.24, 2.45) is 0 Å².